The molecule has 0 radical (unpaired) electrons. The van der Waals surface area contributed by atoms with Crippen LogP contribution in [0.2, 0.25) is 0 Å². The van der Waals surface area contributed by atoms with Crippen molar-refractivity contribution in [1.82, 2.24) is 29.8 Å². The number of hydrogen-bond donors (Lipinski definition) is 1. The van der Waals surface area contributed by atoms with Crippen LogP contribution >= 0.6 is 11.3 Å². The first-order valence-corrected chi connectivity index (χ1v) is 8.69. The lowest BCUT2D eigenvalue weighted by atomic mass is 10.1. The number of H-pyrrole nitrogens is 1. The third kappa shape index (κ3) is 2.89. The smallest absolute Gasteiger partial charge is 0.158 e. The lowest BCUT2D eigenvalue weighted by Crippen LogP contribution is -2.24. The third-order valence-electron chi connectivity index (χ3n) is 4.18. The molecular formula is C16H18N6S. The van der Waals surface area contributed by atoms with E-state index in [0.29, 0.717) is 0 Å². The average molecular weight is 326 g/mol. The van der Waals surface area contributed by atoms with Crippen LogP contribution in [-0.4, -0.2) is 36.4 Å². The van der Waals surface area contributed by atoms with Gasteiger partial charge in [0.05, 0.1) is 22.9 Å². The number of thiazole rings is 1. The average Bonchev–Trinajstić information content (AvgIpc) is 3.30. The third-order valence-corrected chi connectivity index (χ3v) is 4.82. The molecular weight excluding hydrogens is 308 g/mol. The molecule has 1 N–H and O–H groups in total. The maximum atomic E-state index is 4.64. The van der Waals surface area contributed by atoms with Gasteiger partial charge in [-0.05, 0) is 26.3 Å². The number of nitrogens with zero attached hydrogens (tertiary/aromatic N) is 5. The summed E-state index contributed by atoms with van der Waals surface area (Å²) in [6.45, 7) is 3.92. The first-order valence-electron chi connectivity index (χ1n) is 7.75. The van der Waals surface area contributed by atoms with Gasteiger partial charge in [-0.3, -0.25) is 9.88 Å². The van der Waals surface area contributed by atoms with Crippen molar-refractivity contribution in [3.8, 4) is 11.5 Å². The van der Waals surface area contributed by atoms with Crippen LogP contribution in [-0.2, 0) is 6.54 Å². The summed E-state index contributed by atoms with van der Waals surface area (Å²) in [6.07, 6.45) is 7.59. The van der Waals surface area contributed by atoms with E-state index in [-0.39, 0.29) is 6.04 Å². The molecule has 0 aromatic carbocycles. The summed E-state index contributed by atoms with van der Waals surface area (Å²) in [5.74, 6) is 0.797. The van der Waals surface area contributed by atoms with Gasteiger partial charge in [0.2, 0.25) is 0 Å². The first kappa shape index (κ1) is 14.5. The van der Waals surface area contributed by atoms with Crippen molar-refractivity contribution >= 4 is 11.3 Å². The van der Waals surface area contributed by atoms with Crippen molar-refractivity contribution in [3.05, 3.63) is 46.6 Å². The van der Waals surface area contributed by atoms with Crippen LogP contribution in [0.3, 0.4) is 0 Å². The number of hydrogen-bond acceptors (Lipinski definition) is 6. The van der Waals surface area contributed by atoms with Crippen LogP contribution in [0.1, 0.15) is 36.0 Å². The van der Waals surface area contributed by atoms with E-state index in [1.165, 1.54) is 6.42 Å². The Morgan fingerprint density at radius 3 is 2.96 bits per heavy atom. The van der Waals surface area contributed by atoms with Crippen molar-refractivity contribution in [2.45, 2.75) is 32.4 Å². The quantitative estimate of drug-likeness (QED) is 0.798. The number of aromatic nitrogens is 5. The van der Waals surface area contributed by atoms with E-state index in [0.717, 1.165) is 48.1 Å². The fourth-order valence-corrected chi connectivity index (χ4v) is 3.71. The number of likely N-dealkylation sites (tertiary alicyclic amines) is 1. The summed E-state index contributed by atoms with van der Waals surface area (Å²) in [7, 11) is 0. The van der Waals surface area contributed by atoms with E-state index in [1.54, 1.807) is 23.7 Å². The Hall–Kier alpha value is -2.12. The molecule has 0 saturated carbocycles. The van der Waals surface area contributed by atoms with Gasteiger partial charge >= 0.3 is 0 Å². The summed E-state index contributed by atoms with van der Waals surface area (Å²) in [6, 6.07) is 0.269. The van der Waals surface area contributed by atoms with E-state index in [1.807, 2.05) is 18.6 Å². The highest BCUT2D eigenvalue weighted by atomic mass is 32.1. The van der Waals surface area contributed by atoms with Gasteiger partial charge in [0.25, 0.3) is 0 Å². The molecule has 4 heterocycles. The van der Waals surface area contributed by atoms with E-state index in [2.05, 4.69) is 35.2 Å². The van der Waals surface area contributed by atoms with Gasteiger partial charge in [0.1, 0.15) is 5.69 Å². The van der Waals surface area contributed by atoms with Gasteiger partial charge < -0.3 is 4.98 Å². The van der Waals surface area contributed by atoms with Crippen molar-refractivity contribution in [2.24, 2.45) is 0 Å². The molecule has 0 aliphatic carbocycles. The van der Waals surface area contributed by atoms with Gasteiger partial charge in [-0.15, -0.1) is 11.3 Å². The Kier molecular flexibility index (Phi) is 3.88. The SMILES string of the molecule is Cc1cnc(-c2nccnc2[C@H]2CCCN2Cc2cscn2)[nH]1. The molecule has 0 unspecified atom stereocenters. The predicted molar refractivity (Wildman–Crippen MR) is 88.8 cm³/mol. The first-order chi connectivity index (χ1) is 11.3. The largest absolute Gasteiger partial charge is 0.341 e. The van der Waals surface area contributed by atoms with Gasteiger partial charge in [0, 0.05) is 36.2 Å². The van der Waals surface area contributed by atoms with Gasteiger partial charge in [-0.25, -0.2) is 15.0 Å². The maximum absolute atomic E-state index is 4.64. The fraction of sp³-hybridized carbons (Fsp3) is 0.375. The molecule has 1 aliphatic heterocycles. The summed E-state index contributed by atoms with van der Waals surface area (Å²) >= 11 is 1.64. The fourth-order valence-electron chi connectivity index (χ4n) is 3.16. The molecule has 1 fully saturated rings. The van der Waals surface area contributed by atoms with E-state index >= 15 is 0 Å². The minimum Gasteiger partial charge on any atom is -0.341 e. The Morgan fingerprint density at radius 2 is 2.17 bits per heavy atom. The number of rotatable bonds is 4. The molecule has 1 saturated heterocycles. The van der Waals surface area contributed by atoms with Crippen LogP contribution in [0.25, 0.3) is 11.5 Å². The molecule has 3 aromatic heterocycles. The molecule has 0 amide bonds. The number of nitrogens with one attached hydrogen (secondary N) is 1. The number of aromatic amines is 1. The number of imidazole rings is 1. The van der Waals surface area contributed by atoms with Crippen LogP contribution in [0.4, 0.5) is 0 Å². The maximum Gasteiger partial charge on any atom is 0.158 e. The summed E-state index contributed by atoms with van der Waals surface area (Å²) in [4.78, 5) is 23.7. The van der Waals surface area contributed by atoms with Crippen molar-refractivity contribution in [3.63, 3.8) is 0 Å². The molecule has 4 rings (SSSR count). The van der Waals surface area contributed by atoms with E-state index in [9.17, 15) is 0 Å². The summed E-state index contributed by atoms with van der Waals surface area (Å²) in [5, 5.41) is 2.11. The Labute approximate surface area is 138 Å². The molecule has 7 heteroatoms. The monoisotopic (exact) mass is 326 g/mol. The number of aryl methyl sites for hydroxylation is 1. The van der Waals surface area contributed by atoms with Crippen molar-refractivity contribution < 1.29 is 0 Å². The predicted octanol–water partition coefficient (Wildman–Crippen LogP) is 2.97. The molecule has 1 atom stereocenters. The zero-order chi connectivity index (χ0) is 15.6. The Balaban J connectivity index is 1.66. The minimum absolute atomic E-state index is 0.269. The van der Waals surface area contributed by atoms with Gasteiger partial charge in [0.15, 0.2) is 5.82 Å². The highest BCUT2D eigenvalue weighted by Crippen LogP contribution is 2.35. The molecule has 118 valence electrons. The van der Waals surface area contributed by atoms with Crippen LogP contribution in [0.15, 0.2) is 29.5 Å². The topological polar surface area (TPSA) is 70.6 Å². The Bertz CT molecular complexity index is 781. The molecule has 3 aromatic rings. The standard InChI is InChI=1S/C16H18N6S/c1-11-7-19-16(21-11)15-14(17-4-5-18-15)13-3-2-6-22(13)8-12-9-23-10-20-12/h4-5,7,9-10,13H,2-3,6,8H2,1H3,(H,19,21)/t13-/m1/s1. The van der Waals surface area contributed by atoms with Crippen LogP contribution in [0.5, 0.6) is 0 Å². The van der Waals surface area contributed by atoms with Crippen molar-refractivity contribution in [2.75, 3.05) is 6.54 Å². The zero-order valence-electron chi connectivity index (χ0n) is 12.9. The van der Waals surface area contributed by atoms with Gasteiger partial charge in [-0.1, -0.05) is 0 Å². The van der Waals surface area contributed by atoms with Gasteiger partial charge in [-0.2, -0.15) is 0 Å². The minimum atomic E-state index is 0.269. The summed E-state index contributed by atoms with van der Waals surface area (Å²) in [5.41, 5.74) is 5.91. The van der Waals surface area contributed by atoms with Crippen LogP contribution in [0, 0.1) is 6.92 Å². The second-order valence-electron chi connectivity index (χ2n) is 5.81. The van der Waals surface area contributed by atoms with Crippen molar-refractivity contribution in [1.29, 1.82) is 0 Å². The second-order valence-corrected chi connectivity index (χ2v) is 6.53. The lowest BCUT2D eigenvalue weighted by Gasteiger charge is -2.24. The second kappa shape index (κ2) is 6.17. The highest BCUT2D eigenvalue weighted by Gasteiger charge is 2.30. The van der Waals surface area contributed by atoms with Crippen LogP contribution < -0.4 is 0 Å². The Morgan fingerprint density at radius 1 is 1.26 bits per heavy atom. The lowest BCUT2D eigenvalue weighted by molar-refractivity contribution is 0.242. The molecule has 1 aliphatic rings. The van der Waals surface area contributed by atoms with E-state index in [4.69, 9.17) is 0 Å². The molecule has 0 bridgehead atoms. The molecule has 6 nitrogen and oxygen atoms in total. The summed E-state index contributed by atoms with van der Waals surface area (Å²) < 4.78 is 0. The zero-order valence-corrected chi connectivity index (χ0v) is 13.8. The highest BCUT2D eigenvalue weighted by molar-refractivity contribution is 7.07. The van der Waals surface area contributed by atoms with E-state index < -0.39 is 0 Å². The molecule has 0 spiro atoms. The normalized spacial score (nSPS) is 18.6. The molecule has 23 heavy (non-hydrogen) atoms.